The highest BCUT2D eigenvalue weighted by atomic mass is 127. The van der Waals surface area contributed by atoms with Crippen molar-refractivity contribution < 1.29 is 18.3 Å². The molecule has 0 aliphatic rings. The zero-order valence-electron chi connectivity index (χ0n) is 17.5. The van der Waals surface area contributed by atoms with Crippen molar-refractivity contribution in [3.8, 4) is 5.75 Å². The van der Waals surface area contributed by atoms with Crippen LogP contribution in [0.1, 0.15) is 29.2 Å². The first-order valence-electron chi connectivity index (χ1n) is 9.79. The Morgan fingerprint density at radius 3 is 2.42 bits per heavy atom. The molecule has 172 valence electrons. The third-order valence-corrected chi connectivity index (χ3v) is 7.60. The molecule has 3 rings (SSSR count). The number of halogens is 2. The summed E-state index contributed by atoms with van der Waals surface area (Å²) < 4.78 is 30.0. The lowest BCUT2D eigenvalue weighted by molar-refractivity contribution is -0.121. The van der Waals surface area contributed by atoms with Crippen molar-refractivity contribution in [1.82, 2.24) is 10.1 Å². The van der Waals surface area contributed by atoms with Crippen LogP contribution >= 0.6 is 45.2 Å². The van der Waals surface area contributed by atoms with Crippen LogP contribution in [0.25, 0.3) is 0 Å². The molecule has 0 aliphatic carbocycles. The molecule has 0 bridgehead atoms. The smallest absolute Gasteiger partial charge is 0.242 e. The number of aryl methyl sites for hydroxylation is 1. The molecule has 0 fully saturated rings. The third kappa shape index (κ3) is 7.22. The Labute approximate surface area is 220 Å². The molecule has 7 nitrogen and oxygen atoms in total. The molecule has 10 heteroatoms. The predicted octanol–water partition coefficient (Wildman–Crippen LogP) is 4.47. The van der Waals surface area contributed by atoms with Gasteiger partial charge in [-0.25, -0.2) is 18.6 Å². The lowest BCUT2D eigenvalue weighted by Crippen LogP contribution is -2.32. The number of nitrogens with one attached hydrogen (secondary N) is 2. The van der Waals surface area contributed by atoms with Crippen LogP contribution in [0.5, 0.6) is 5.75 Å². The first-order chi connectivity index (χ1) is 15.7. The Kier molecular flexibility index (Phi) is 8.84. The third-order valence-electron chi connectivity index (χ3n) is 4.67. The summed E-state index contributed by atoms with van der Waals surface area (Å²) in [6.07, 6.45) is 1.19. The molecule has 33 heavy (non-hydrogen) atoms. The maximum atomic E-state index is 12.9. The highest BCUT2D eigenvalue weighted by molar-refractivity contribution is 14.1. The molecule has 0 aromatic heterocycles. The van der Waals surface area contributed by atoms with E-state index in [2.05, 4.69) is 37.8 Å². The average molecular weight is 689 g/mol. The zero-order chi connectivity index (χ0) is 24.0. The number of nitrogens with zero attached hydrogens (tertiary/aromatic N) is 1. The van der Waals surface area contributed by atoms with E-state index in [4.69, 9.17) is 0 Å². The van der Waals surface area contributed by atoms with Gasteiger partial charge >= 0.3 is 0 Å². The van der Waals surface area contributed by atoms with Crippen molar-refractivity contribution in [3.05, 3.63) is 90.6 Å². The van der Waals surface area contributed by atoms with Crippen molar-refractivity contribution in [1.29, 1.82) is 0 Å². The van der Waals surface area contributed by atoms with Crippen molar-refractivity contribution in [2.24, 2.45) is 5.10 Å². The monoisotopic (exact) mass is 689 g/mol. The van der Waals surface area contributed by atoms with Gasteiger partial charge in [-0.2, -0.15) is 5.10 Å². The number of benzene rings is 3. The highest BCUT2D eigenvalue weighted by Gasteiger charge is 2.23. The topological polar surface area (TPSA) is 108 Å². The number of rotatable bonds is 8. The second-order valence-corrected chi connectivity index (χ2v) is 11.3. The minimum Gasteiger partial charge on any atom is -0.506 e. The molecule has 0 radical (unpaired) electrons. The predicted molar refractivity (Wildman–Crippen MR) is 145 cm³/mol. The van der Waals surface area contributed by atoms with Crippen LogP contribution in [0.4, 0.5) is 0 Å². The van der Waals surface area contributed by atoms with E-state index in [0.717, 1.165) is 9.13 Å². The van der Waals surface area contributed by atoms with Gasteiger partial charge in [-0.1, -0.05) is 48.0 Å². The zero-order valence-corrected chi connectivity index (χ0v) is 22.6. The number of carbonyl (C=O) groups excluding carboxylic acids is 1. The maximum Gasteiger partial charge on any atom is 0.242 e. The lowest BCUT2D eigenvalue weighted by Gasteiger charge is -2.18. The van der Waals surface area contributed by atoms with E-state index in [1.54, 1.807) is 42.5 Å². The summed E-state index contributed by atoms with van der Waals surface area (Å²) in [5.74, 6) is -0.409. The van der Waals surface area contributed by atoms with Crippen molar-refractivity contribution in [3.63, 3.8) is 0 Å². The van der Waals surface area contributed by atoms with Gasteiger partial charge in [0.05, 0.1) is 20.7 Å². The van der Waals surface area contributed by atoms with Crippen LogP contribution in [0, 0.1) is 14.1 Å². The molecule has 3 aromatic rings. The molecule has 0 heterocycles. The molecular formula is C23H21I2N3O4S. The van der Waals surface area contributed by atoms with E-state index in [0.29, 0.717) is 14.7 Å². The Hall–Kier alpha value is -2.03. The second kappa shape index (κ2) is 11.4. The normalized spacial score (nSPS) is 12.6. The molecule has 0 unspecified atom stereocenters. The first kappa shape index (κ1) is 25.6. The van der Waals surface area contributed by atoms with Crippen LogP contribution in [0.2, 0.25) is 0 Å². The molecule has 0 saturated heterocycles. The van der Waals surface area contributed by atoms with E-state index >= 15 is 0 Å². The maximum absolute atomic E-state index is 12.9. The molecule has 3 N–H and O–H groups in total. The summed E-state index contributed by atoms with van der Waals surface area (Å²) in [4.78, 5) is 12.7. The fraction of sp³-hybridized carbons (Fsp3) is 0.130. The number of carbonyl (C=O) groups is 1. The number of amides is 1. The number of phenols is 1. The van der Waals surface area contributed by atoms with Gasteiger partial charge in [-0.05, 0) is 81.9 Å². The molecule has 0 spiro atoms. The van der Waals surface area contributed by atoms with Crippen LogP contribution in [0.15, 0.2) is 76.7 Å². The minimum absolute atomic E-state index is 0.0713. The van der Waals surface area contributed by atoms with E-state index in [-0.39, 0.29) is 17.1 Å². The van der Waals surface area contributed by atoms with Gasteiger partial charge in [0.15, 0.2) is 0 Å². The number of sulfonamides is 1. The van der Waals surface area contributed by atoms with Crippen molar-refractivity contribution >= 4 is 67.3 Å². The van der Waals surface area contributed by atoms with E-state index in [1.165, 1.54) is 18.3 Å². The van der Waals surface area contributed by atoms with Crippen LogP contribution in [-0.4, -0.2) is 25.6 Å². The Bertz CT molecular complexity index is 1260. The number of hydrazone groups is 1. The molecule has 1 atom stereocenters. The van der Waals surface area contributed by atoms with Gasteiger partial charge in [-0.15, -0.1) is 0 Å². The van der Waals surface area contributed by atoms with E-state index in [9.17, 15) is 18.3 Å². The van der Waals surface area contributed by atoms with Crippen LogP contribution < -0.4 is 10.1 Å². The minimum atomic E-state index is -3.85. The van der Waals surface area contributed by atoms with Crippen molar-refractivity contribution in [2.75, 3.05) is 0 Å². The first-order valence-corrected chi connectivity index (χ1v) is 13.4. The summed E-state index contributed by atoms with van der Waals surface area (Å²) in [5, 5.41) is 14.1. The Balaban J connectivity index is 1.76. The quantitative estimate of drug-likeness (QED) is 0.185. The molecular weight excluding hydrogens is 668 g/mol. The average Bonchev–Trinajstić information content (AvgIpc) is 2.77. The Morgan fingerprint density at radius 1 is 1.09 bits per heavy atom. The standard InChI is InChI=1S/C23H21I2N3O4S/c1-15-7-9-19(10-8-15)33(31,32)28-21(16-5-3-2-4-6-16)13-22(29)27-26-14-17-11-18(24)12-20(25)23(17)30/h2-12,14,21,28,30H,13H2,1H3,(H,27,29)/b26-14-/t21-/m0/s1. The van der Waals surface area contributed by atoms with Crippen molar-refractivity contribution in [2.45, 2.75) is 24.3 Å². The molecule has 1 amide bonds. The summed E-state index contributed by atoms with van der Waals surface area (Å²) in [6.45, 7) is 1.87. The number of aromatic hydroxyl groups is 1. The molecule has 3 aromatic carbocycles. The Morgan fingerprint density at radius 2 is 1.76 bits per heavy atom. The highest BCUT2D eigenvalue weighted by Crippen LogP contribution is 2.26. The summed E-state index contributed by atoms with van der Waals surface area (Å²) in [5.41, 5.74) is 4.47. The van der Waals surface area contributed by atoms with Gasteiger partial charge in [0.2, 0.25) is 15.9 Å². The van der Waals surface area contributed by atoms with Crippen LogP contribution in [-0.2, 0) is 14.8 Å². The van der Waals surface area contributed by atoms with E-state index < -0.39 is 22.0 Å². The largest absolute Gasteiger partial charge is 0.506 e. The van der Waals surface area contributed by atoms with Gasteiger partial charge in [-0.3, -0.25) is 4.79 Å². The summed E-state index contributed by atoms with van der Waals surface area (Å²) in [6, 6.07) is 18.1. The molecule has 0 aliphatic heterocycles. The van der Waals surface area contributed by atoms with Gasteiger partial charge in [0.1, 0.15) is 5.75 Å². The summed E-state index contributed by atoms with van der Waals surface area (Å²) >= 11 is 4.14. The second-order valence-electron chi connectivity index (χ2n) is 7.22. The van der Waals surface area contributed by atoms with Gasteiger partial charge in [0.25, 0.3) is 0 Å². The SMILES string of the molecule is Cc1ccc(S(=O)(=O)N[C@@H](CC(=O)N/N=C\c2cc(I)cc(I)c2O)c2ccccc2)cc1. The summed E-state index contributed by atoms with van der Waals surface area (Å²) in [7, 11) is -3.85. The fourth-order valence-electron chi connectivity index (χ4n) is 2.97. The number of hydrogen-bond donors (Lipinski definition) is 3. The fourth-order valence-corrected chi connectivity index (χ4v) is 6.09. The number of phenolic OH excluding ortho intramolecular Hbond substituents is 1. The molecule has 0 saturated carbocycles. The lowest BCUT2D eigenvalue weighted by atomic mass is 10.0. The van der Waals surface area contributed by atoms with Crippen LogP contribution in [0.3, 0.4) is 0 Å². The number of hydrogen-bond acceptors (Lipinski definition) is 5. The van der Waals surface area contributed by atoms with Gasteiger partial charge in [0, 0.05) is 15.6 Å². The van der Waals surface area contributed by atoms with E-state index in [1.807, 2.05) is 41.6 Å². The van der Waals surface area contributed by atoms with Gasteiger partial charge < -0.3 is 5.11 Å².